The van der Waals surface area contributed by atoms with Crippen LogP contribution in [0.3, 0.4) is 0 Å². The fourth-order valence-electron chi connectivity index (χ4n) is 3.23. The molecule has 1 aromatic heterocycles. The zero-order valence-corrected chi connectivity index (χ0v) is 11.0. The minimum atomic E-state index is 0.306. The van der Waals surface area contributed by atoms with E-state index in [4.69, 9.17) is 4.74 Å². The summed E-state index contributed by atoms with van der Waals surface area (Å²) < 4.78 is 7.82. The van der Waals surface area contributed by atoms with Crippen LogP contribution >= 0.6 is 0 Å². The number of ether oxygens (including phenoxy) is 1. The Morgan fingerprint density at radius 2 is 2.11 bits per heavy atom. The van der Waals surface area contributed by atoms with E-state index in [-0.39, 0.29) is 0 Å². The molecule has 1 atom stereocenters. The molecular weight excluding hydrogens is 226 g/mol. The number of hydrogen-bond donors (Lipinski definition) is 0. The Labute approximate surface area is 109 Å². The molecule has 4 heteroatoms. The average molecular weight is 249 g/mol. The topological polar surface area (TPSA) is 30.3 Å². The smallest absolute Gasteiger partial charge is 0.0898 e. The first-order valence-electron chi connectivity index (χ1n) is 7.21. The van der Waals surface area contributed by atoms with Crippen LogP contribution in [0.5, 0.6) is 0 Å². The van der Waals surface area contributed by atoms with Gasteiger partial charge in [-0.1, -0.05) is 12.8 Å². The Hall–Kier alpha value is -0.870. The van der Waals surface area contributed by atoms with Crippen molar-refractivity contribution in [2.75, 3.05) is 26.2 Å². The summed E-state index contributed by atoms with van der Waals surface area (Å²) in [6.07, 6.45) is 9.89. The van der Waals surface area contributed by atoms with Crippen LogP contribution in [0.1, 0.15) is 25.7 Å². The molecule has 3 rings (SSSR count). The Balaban J connectivity index is 1.48. The van der Waals surface area contributed by atoms with Crippen molar-refractivity contribution in [3.8, 4) is 0 Å². The monoisotopic (exact) mass is 249 g/mol. The fraction of sp³-hybridized carbons (Fsp3) is 0.786. The number of rotatable bonds is 4. The van der Waals surface area contributed by atoms with Crippen LogP contribution in [0, 0.1) is 5.92 Å². The Morgan fingerprint density at radius 1 is 1.22 bits per heavy atom. The number of hydrogen-bond acceptors (Lipinski definition) is 3. The standard InChI is InChI=1S/C14H23N3O/c1-2-5-13(4-1)10-16-8-9-18-14(11-16)12-17-7-3-6-15-17/h3,6-7,13-14H,1-2,4-5,8-12H2/t14-/m0/s1. The van der Waals surface area contributed by atoms with Gasteiger partial charge in [0, 0.05) is 32.0 Å². The molecule has 1 saturated carbocycles. The van der Waals surface area contributed by atoms with Gasteiger partial charge in [-0.05, 0) is 24.8 Å². The van der Waals surface area contributed by atoms with Crippen molar-refractivity contribution < 1.29 is 4.74 Å². The van der Waals surface area contributed by atoms with E-state index < -0.39 is 0 Å². The molecule has 0 aromatic carbocycles. The molecule has 0 radical (unpaired) electrons. The third-order valence-corrected chi connectivity index (χ3v) is 4.16. The summed E-state index contributed by atoms with van der Waals surface area (Å²) in [5.74, 6) is 0.938. The summed E-state index contributed by atoms with van der Waals surface area (Å²) >= 11 is 0. The van der Waals surface area contributed by atoms with Gasteiger partial charge in [-0.15, -0.1) is 0 Å². The molecule has 1 aromatic rings. The first kappa shape index (κ1) is 12.2. The average Bonchev–Trinajstić information content (AvgIpc) is 3.03. The van der Waals surface area contributed by atoms with Crippen LogP contribution in [0.25, 0.3) is 0 Å². The van der Waals surface area contributed by atoms with E-state index in [2.05, 4.69) is 10.00 Å². The number of morpholine rings is 1. The van der Waals surface area contributed by atoms with Crippen molar-refractivity contribution in [2.45, 2.75) is 38.3 Å². The maximum absolute atomic E-state index is 5.84. The molecule has 0 bridgehead atoms. The molecule has 0 unspecified atom stereocenters. The van der Waals surface area contributed by atoms with Crippen LogP contribution in [-0.4, -0.2) is 47.0 Å². The van der Waals surface area contributed by atoms with E-state index >= 15 is 0 Å². The molecular formula is C14H23N3O. The zero-order valence-electron chi connectivity index (χ0n) is 11.0. The van der Waals surface area contributed by atoms with Crippen LogP contribution in [0.15, 0.2) is 18.5 Å². The first-order valence-corrected chi connectivity index (χ1v) is 7.21. The van der Waals surface area contributed by atoms with E-state index in [1.807, 2.05) is 23.1 Å². The molecule has 0 amide bonds. The Morgan fingerprint density at radius 3 is 2.89 bits per heavy atom. The summed E-state index contributed by atoms with van der Waals surface area (Å²) in [5.41, 5.74) is 0. The molecule has 0 spiro atoms. The molecule has 18 heavy (non-hydrogen) atoms. The third kappa shape index (κ3) is 3.12. The highest BCUT2D eigenvalue weighted by molar-refractivity contribution is 4.81. The van der Waals surface area contributed by atoms with E-state index in [9.17, 15) is 0 Å². The molecule has 2 fully saturated rings. The van der Waals surface area contributed by atoms with Crippen molar-refractivity contribution in [1.29, 1.82) is 0 Å². The summed E-state index contributed by atoms with van der Waals surface area (Å²) in [5, 5.41) is 4.26. The summed E-state index contributed by atoms with van der Waals surface area (Å²) in [4.78, 5) is 2.59. The van der Waals surface area contributed by atoms with Gasteiger partial charge in [-0.2, -0.15) is 5.10 Å². The highest BCUT2D eigenvalue weighted by atomic mass is 16.5. The van der Waals surface area contributed by atoms with E-state index in [1.165, 1.54) is 32.2 Å². The number of nitrogens with zero attached hydrogens (tertiary/aromatic N) is 3. The van der Waals surface area contributed by atoms with Crippen LogP contribution < -0.4 is 0 Å². The lowest BCUT2D eigenvalue weighted by Crippen LogP contribution is -2.45. The van der Waals surface area contributed by atoms with E-state index in [0.717, 1.165) is 32.2 Å². The van der Waals surface area contributed by atoms with Gasteiger partial charge in [-0.3, -0.25) is 9.58 Å². The van der Waals surface area contributed by atoms with Gasteiger partial charge in [0.1, 0.15) is 0 Å². The lowest BCUT2D eigenvalue weighted by Gasteiger charge is -2.34. The second-order valence-electron chi connectivity index (χ2n) is 5.63. The second kappa shape index (κ2) is 5.85. The summed E-state index contributed by atoms with van der Waals surface area (Å²) in [6.45, 7) is 5.20. The summed E-state index contributed by atoms with van der Waals surface area (Å²) in [6, 6.07) is 1.97. The van der Waals surface area contributed by atoms with Crippen molar-refractivity contribution in [3.05, 3.63) is 18.5 Å². The minimum Gasteiger partial charge on any atom is -0.374 e. The Bertz CT molecular complexity index is 346. The van der Waals surface area contributed by atoms with Crippen molar-refractivity contribution in [2.24, 2.45) is 5.92 Å². The quantitative estimate of drug-likeness (QED) is 0.815. The number of aromatic nitrogens is 2. The third-order valence-electron chi connectivity index (χ3n) is 4.16. The lowest BCUT2D eigenvalue weighted by atomic mass is 10.1. The van der Waals surface area contributed by atoms with Crippen LogP contribution in [0.2, 0.25) is 0 Å². The van der Waals surface area contributed by atoms with Gasteiger partial charge >= 0.3 is 0 Å². The predicted octanol–water partition coefficient (Wildman–Crippen LogP) is 1.77. The van der Waals surface area contributed by atoms with Crippen molar-refractivity contribution >= 4 is 0 Å². The van der Waals surface area contributed by atoms with Crippen LogP contribution in [-0.2, 0) is 11.3 Å². The normalized spacial score (nSPS) is 26.8. The molecule has 1 aliphatic heterocycles. The van der Waals surface area contributed by atoms with Gasteiger partial charge in [0.05, 0.1) is 19.3 Å². The largest absolute Gasteiger partial charge is 0.374 e. The van der Waals surface area contributed by atoms with Crippen molar-refractivity contribution in [1.82, 2.24) is 14.7 Å². The van der Waals surface area contributed by atoms with E-state index in [1.54, 1.807) is 0 Å². The van der Waals surface area contributed by atoms with Gasteiger partial charge in [0.2, 0.25) is 0 Å². The van der Waals surface area contributed by atoms with Gasteiger partial charge in [0.25, 0.3) is 0 Å². The summed E-state index contributed by atoms with van der Waals surface area (Å²) in [7, 11) is 0. The first-order chi connectivity index (χ1) is 8.90. The SMILES string of the molecule is c1cnn(C[C@@H]2CN(CC3CCCC3)CCO2)c1. The van der Waals surface area contributed by atoms with Gasteiger partial charge < -0.3 is 4.74 Å². The Kier molecular flexibility index (Phi) is 3.96. The molecule has 1 aliphatic carbocycles. The zero-order chi connectivity index (χ0) is 12.2. The molecule has 2 aliphatic rings. The maximum atomic E-state index is 5.84. The molecule has 4 nitrogen and oxygen atoms in total. The highest BCUT2D eigenvalue weighted by Crippen LogP contribution is 2.26. The van der Waals surface area contributed by atoms with Gasteiger partial charge in [0.15, 0.2) is 0 Å². The molecule has 1 saturated heterocycles. The van der Waals surface area contributed by atoms with Gasteiger partial charge in [-0.25, -0.2) is 0 Å². The van der Waals surface area contributed by atoms with Crippen molar-refractivity contribution in [3.63, 3.8) is 0 Å². The molecule has 0 N–H and O–H groups in total. The minimum absolute atomic E-state index is 0.306. The fourth-order valence-corrected chi connectivity index (χ4v) is 3.23. The van der Waals surface area contributed by atoms with E-state index in [0.29, 0.717) is 6.10 Å². The highest BCUT2D eigenvalue weighted by Gasteiger charge is 2.24. The van der Waals surface area contributed by atoms with Crippen LogP contribution in [0.4, 0.5) is 0 Å². The lowest BCUT2D eigenvalue weighted by molar-refractivity contribution is -0.0413. The predicted molar refractivity (Wildman–Crippen MR) is 70.4 cm³/mol. The second-order valence-corrected chi connectivity index (χ2v) is 5.63. The molecule has 100 valence electrons. The molecule has 2 heterocycles. The maximum Gasteiger partial charge on any atom is 0.0898 e.